The van der Waals surface area contributed by atoms with Crippen LogP contribution in [0.1, 0.15) is 0 Å². The van der Waals surface area contributed by atoms with Gasteiger partial charge in [0.1, 0.15) is 18.2 Å². The van der Waals surface area contributed by atoms with Crippen LogP contribution < -0.4 is 4.62 Å². The van der Waals surface area contributed by atoms with Gasteiger partial charge in [0.25, 0.3) is 6.48 Å². The van der Waals surface area contributed by atoms with Crippen molar-refractivity contribution in [1.82, 2.24) is 19.7 Å². The minimum atomic E-state index is -5.62. The van der Waals surface area contributed by atoms with Crippen molar-refractivity contribution in [2.24, 2.45) is 0 Å². The maximum Gasteiger partial charge on any atom is 0.562 e. The van der Waals surface area contributed by atoms with Crippen molar-refractivity contribution in [2.45, 2.75) is 6.48 Å². The van der Waals surface area contributed by atoms with Crippen LogP contribution in [0.2, 0.25) is 0 Å². The molecule has 0 aliphatic carbocycles. The van der Waals surface area contributed by atoms with Crippen molar-refractivity contribution in [1.29, 1.82) is 0 Å². The lowest BCUT2D eigenvalue weighted by atomic mass is 10.6. The lowest BCUT2D eigenvalue weighted by Crippen LogP contribution is -2.18. The molecule has 0 bridgehead atoms. The van der Waals surface area contributed by atoms with E-state index in [2.05, 4.69) is 23.6 Å². The summed E-state index contributed by atoms with van der Waals surface area (Å²) < 4.78 is 63.3. The van der Waals surface area contributed by atoms with Crippen LogP contribution in [0, 0.1) is 0 Å². The SMILES string of the molecule is O=P(O)(O)OP(=O)(O)OP(=O)(OC1OCCO1)On1cnc2cncnc21. The molecule has 0 amide bonds. The summed E-state index contributed by atoms with van der Waals surface area (Å²) in [5, 5.41) is 0. The van der Waals surface area contributed by atoms with E-state index >= 15 is 0 Å². The van der Waals surface area contributed by atoms with E-state index < -0.39 is 29.9 Å². The Kier molecular flexibility index (Phi) is 5.77. The number of imidazole rings is 1. The van der Waals surface area contributed by atoms with E-state index in [-0.39, 0.29) is 24.4 Å². The van der Waals surface area contributed by atoms with Gasteiger partial charge in [-0.15, -0.1) is 4.73 Å². The molecule has 0 spiro atoms. The Bertz CT molecular complexity index is 953. The second-order valence-corrected chi connectivity index (χ2v) is 9.08. The highest BCUT2D eigenvalue weighted by molar-refractivity contribution is 7.66. The number of phosphoric acid groups is 3. The first-order valence-electron chi connectivity index (χ1n) is 6.71. The molecule has 2 atom stereocenters. The first-order valence-corrected chi connectivity index (χ1v) is 11.2. The summed E-state index contributed by atoms with van der Waals surface area (Å²) in [7, 11) is -16.3. The van der Waals surface area contributed by atoms with E-state index in [0.29, 0.717) is 4.73 Å². The smallest absolute Gasteiger partial charge is 0.327 e. The van der Waals surface area contributed by atoms with Gasteiger partial charge in [-0.3, -0.25) is 0 Å². The van der Waals surface area contributed by atoms with E-state index in [1.165, 1.54) is 6.20 Å². The molecule has 0 radical (unpaired) electrons. The van der Waals surface area contributed by atoms with Crippen LogP contribution in [0.15, 0.2) is 18.9 Å². The fourth-order valence-electron chi connectivity index (χ4n) is 1.75. The molecule has 1 fully saturated rings. The van der Waals surface area contributed by atoms with E-state index in [1.807, 2.05) is 0 Å². The number of ether oxygens (including phenoxy) is 2. The second kappa shape index (κ2) is 7.62. The Morgan fingerprint density at radius 2 is 1.81 bits per heavy atom. The Hall–Kier alpha value is -1.28. The van der Waals surface area contributed by atoms with Crippen molar-refractivity contribution in [3.05, 3.63) is 18.9 Å². The Balaban J connectivity index is 1.88. The maximum absolute atomic E-state index is 12.8. The highest BCUT2D eigenvalue weighted by atomic mass is 31.3. The summed E-state index contributed by atoms with van der Waals surface area (Å²) >= 11 is 0. The topological polar surface area (TPSA) is 211 Å². The molecule has 2 aromatic heterocycles. The predicted molar refractivity (Wildman–Crippen MR) is 80.3 cm³/mol. The van der Waals surface area contributed by atoms with Gasteiger partial charge in [-0.25, -0.2) is 33.2 Å². The van der Waals surface area contributed by atoms with Crippen LogP contribution in [-0.4, -0.2) is 54.1 Å². The zero-order valence-electron chi connectivity index (χ0n) is 12.9. The summed E-state index contributed by atoms with van der Waals surface area (Å²) in [5.74, 6) is 0. The second-order valence-electron chi connectivity index (χ2n) is 4.59. The summed E-state index contributed by atoms with van der Waals surface area (Å²) in [6.07, 6.45) is 3.35. The molecule has 1 aliphatic heterocycles. The first-order chi connectivity index (χ1) is 12.6. The standard InChI is InChI=1S/C8H11N4O12P3/c13-25(14,15)23-26(16,17)24-27(18,21-8-19-1-2-20-8)22-12-5-11-6-3-9-4-10-7(6)12/h3-5,8H,1-2H2,(H,16,17)(H2,13,14,15). The van der Waals surface area contributed by atoms with Gasteiger partial charge >= 0.3 is 23.5 Å². The predicted octanol–water partition coefficient (Wildman–Crippen LogP) is -0.0637. The number of rotatable bonds is 8. The van der Waals surface area contributed by atoms with E-state index in [9.17, 15) is 18.6 Å². The number of aromatic nitrogens is 4. The van der Waals surface area contributed by atoms with E-state index in [0.717, 1.165) is 12.7 Å². The Morgan fingerprint density at radius 3 is 2.48 bits per heavy atom. The third kappa shape index (κ3) is 5.60. The summed E-state index contributed by atoms with van der Waals surface area (Å²) in [4.78, 5) is 38.1. The van der Waals surface area contributed by atoms with Crippen LogP contribution >= 0.6 is 23.5 Å². The molecule has 19 heteroatoms. The molecule has 3 rings (SSSR count). The van der Waals surface area contributed by atoms with Gasteiger partial charge in [0, 0.05) is 0 Å². The molecule has 3 N–H and O–H groups in total. The number of hydrogen-bond acceptors (Lipinski definition) is 12. The highest BCUT2D eigenvalue weighted by Gasteiger charge is 2.47. The first kappa shape index (κ1) is 20.5. The lowest BCUT2D eigenvalue weighted by molar-refractivity contribution is -0.186. The van der Waals surface area contributed by atoms with Crippen LogP contribution in [-0.2, 0) is 36.3 Å². The Morgan fingerprint density at radius 1 is 1.11 bits per heavy atom. The molecular formula is C8H11N4O12P3. The van der Waals surface area contributed by atoms with E-state index in [4.69, 9.17) is 28.4 Å². The van der Waals surface area contributed by atoms with Gasteiger partial charge in [-0.05, 0) is 0 Å². The third-order valence-electron chi connectivity index (χ3n) is 2.59. The van der Waals surface area contributed by atoms with Gasteiger partial charge in [0.05, 0.1) is 19.4 Å². The largest absolute Gasteiger partial charge is 0.562 e. The number of hydrogen-bond donors (Lipinski definition) is 3. The van der Waals surface area contributed by atoms with Gasteiger partial charge in [0.15, 0.2) is 5.65 Å². The average Bonchev–Trinajstić information content (AvgIpc) is 3.14. The summed E-state index contributed by atoms with van der Waals surface area (Å²) in [6.45, 7) is -1.53. The molecule has 27 heavy (non-hydrogen) atoms. The van der Waals surface area contributed by atoms with Crippen LogP contribution in [0.25, 0.3) is 11.2 Å². The zero-order valence-corrected chi connectivity index (χ0v) is 15.6. The van der Waals surface area contributed by atoms with Crippen LogP contribution in [0.3, 0.4) is 0 Å². The molecule has 1 aliphatic rings. The molecule has 16 nitrogen and oxygen atoms in total. The minimum absolute atomic E-state index is 0.0330. The van der Waals surface area contributed by atoms with Crippen molar-refractivity contribution >= 4 is 34.6 Å². The molecule has 0 saturated carbocycles. The number of fused-ring (bicyclic) bond motifs is 1. The summed E-state index contributed by atoms with van der Waals surface area (Å²) in [5.41, 5.74) is 0.158. The van der Waals surface area contributed by atoms with Crippen molar-refractivity contribution in [3.8, 4) is 0 Å². The van der Waals surface area contributed by atoms with Crippen molar-refractivity contribution < 1.29 is 55.6 Å². The fourth-order valence-corrected chi connectivity index (χ4v) is 5.20. The van der Waals surface area contributed by atoms with Gasteiger partial charge in [-0.1, -0.05) is 0 Å². The zero-order chi connectivity index (χ0) is 19.7. The van der Waals surface area contributed by atoms with Crippen molar-refractivity contribution in [2.75, 3.05) is 13.2 Å². The quantitative estimate of drug-likeness (QED) is 0.451. The molecule has 1 saturated heterocycles. The third-order valence-corrected chi connectivity index (χ3v) is 6.70. The molecule has 150 valence electrons. The number of nitrogens with zero attached hydrogens (tertiary/aromatic N) is 4. The van der Waals surface area contributed by atoms with E-state index in [1.54, 1.807) is 0 Å². The maximum atomic E-state index is 12.8. The van der Waals surface area contributed by atoms with Gasteiger partial charge in [0.2, 0.25) is 0 Å². The lowest BCUT2D eigenvalue weighted by Gasteiger charge is -2.21. The molecule has 2 unspecified atom stereocenters. The Labute approximate surface area is 149 Å². The summed E-state index contributed by atoms with van der Waals surface area (Å²) in [6, 6.07) is 0. The molecule has 0 aromatic carbocycles. The minimum Gasteiger partial charge on any atom is -0.327 e. The fraction of sp³-hybridized carbons (Fsp3) is 0.375. The average molecular weight is 448 g/mol. The van der Waals surface area contributed by atoms with Gasteiger partial charge < -0.3 is 28.8 Å². The van der Waals surface area contributed by atoms with Gasteiger partial charge in [-0.2, -0.15) is 8.62 Å². The highest BCUT2D eigenvalue weighted by Crippen LogP contribution is 2.67. The molecular weight excluding hydrogens is 437 g/mol. The molecule has 3 heterocycles. The van der Waals surface area contributed by atoms with Crippen LogP contribution in [0.5, 0.6) is 0 Å². The normalized spacial score (nSPS) is 20.4. The monoisotopic (exact) mass is 448 g/mol. The molecule has 2 aromatic rings. The van der Waals surface area contributed by atoms with Crippen molar-refractivity contribution in [3.63, 3.8) is 0 Å². The van der Waals surface area contributed by atoms with Crippen LogP contribution in [0.4, 0.5) is 0 Å².